The van der Waals surface area contributed by atoms with E-state index in [1.54, 1.807) is 0 Å². The molecule has 3 nitrogen and oxygen atoms in total. The zero-order chi connectivity index (χ0) is 11.7. The minimum absolute atomic E-state index is 0.0134. The second-order valence-electron chi connectivity index (χ2n) is 5.02. The molecule has 0 saturated heterocycles. The van der Waals surface area contributed by atoms with Crippen LogP contribution < -0.4 is 10.6 Å². The molecule has 1 aromatic rings. The lowest BCUT2D eigenvalue weighted by Crippen LogP contribution is -2.45. The maximum Gasteiger partial charge on any atom is 0.229 e. The van der Waals surface area contributed by atoms with Crippen LogP contribution in [0.25, 0.3) is 0 Å². The van der Waals surface area contributed by atoms with Crippen molar-refractivity contribution in [3.63, 3.8) is 0 Å². The van der Waals surface area contributed by atoms with Crippen molar-refractivity contribution in [1.82, 2.24) is 10.6 Å². The molecule has 1 aromatic carbocycles. The molecule has 3 rings (SSSR count). The smallest absolute Gasteiger partial charge is 0.229 e. The highest BCUT2D eigenvalue weighted by Gasteiger charge is 2.28. The van der Waals surface area contributed by atoms with Crippen molar-refractivity contribution in [3.05, 3.63) is 35.4 Å². The Morgan fingerprint density at radius 2 is 2.12 bits per heavy atom. The monoisotopic (exact) mass is 230 g/mol. The van der Waals surface area contributed by atoms with E-state index >= 15 is 0 Å². The zero-order valence-corrected chi connectivity index (χ0v) is 9.91. The zero-order valence-electron chi connectivity index (χ0n) is 9.91. The van der Waals surface area contributed by atoms with E-state index in [0.717, 1.165) is 25.9 Å². The third-order valence-corrected chi connectivity index (χ3v) is 3.86. The van der Waals surface area contributed by atoms with Crippen molar-refractivity contribution >= 4 is 5.91 Å². The summed E-state index contributed by atoms with van der Waals surface area (Å²) in [5, 5.41) is 6.47. The maximum absolute atomic E-state index is 12.2. The summed E-state index contributed by atoms with van der Waals surface area (Å²) in [6, 6.07) is 8.67. The molecule has 1 fully saturated rings. The van der Waals surface area contributed by atoms with Crippen molar-refractivity contribution in [3.8, 4) is 0 Å². The Balaban J connectivity index is 1.77. The van der Waals surface area contributed by atoms with Crippen molar-refractivity contribution in [2.24, 2.45) is 0 Å². The molecule has 2 N–H and O–H groups in total. The van der Waals surface area contributed by atoms with Crippen LogP contribution in [0, 0.1) is 0 Å². The van der Waals surface area contributed by atoms with E-state index in [9.17, 15) is 4.79 Å². The SMILES string of the molecule is O=C(NC1CCC1)C1CNCc2ccccc21. The van der Waals surface area contributed by atoms with Crippen molar-refractivity contribution < 1.29 is 4.79 Å². The number of carbonyl (C=O) groups excluding carboxylic acids is 1. The van der Waals surface area contributed by atoms with Crippen LogP contribution in [-0.4, -0.2) is 18.5 Å². The van der Waals surface area contributed by atoms with E-state index in [0.29, 0.717) is 6.04 Å². The predicted octanol–water partition coefficient (Wildman–Crippen LogP) is 1.54. The van der Waals surface area contributed by atoms with E-state index in [-0.39, 0.29) is 11.8 Å². The van der Waals surface area contributed by atoms with Crippen LogP contribution in [0.1, 0.15) is 36.3 Å². The molecule has 1 amide bonds. The Kier molecular flexibility index (Phi) is 2.85. The molecule has 0 radical (unpaired) electrons. The number of fused-ring (bicyclic) bond motifs is 1. The number of hydrogen-bond donors (Lipinski definition) is 2. The molecule has 90 valence electrons. The Morgan fingerprint density at radius 1 is 1.29 bits per heavy atom. The van der Waals surface area contributed by atoms with Gasteiger partial charge in [-0.1, -0.05) is 24.3 Å². The summed E-state index contributed by atoms with van der Waals surface area (Å²) in [4.78, 5) is 12.2. The molecule has 0 bridgehead atoms. The van der Waals surface area contributed by atoms with E-state index in [4.69, 9.17) is 0 Å². The van der Waals surface area contributed by atoms with Crippen LogP contribution in [0.15, 0.2) is 24.3 Å². The summed E-state index contributed by atoms with van der Waals surface area (Å²) >= 11 is 0. The molecule has 3 heteroatoms. The Bertz CT molecular complexity index is 426. The number of nitrogens with one attached hydrogen (secondary N) is 2. The van der Waals surface area contributed by atoms with Crippen molar-refractivity contribution in [1.29, 1.82) is 0 Å². The number of carbonyl (C=O) groups is 1. The summed E-state index contributed by atoms with van der Waals surface area (Å²) < 4.78 is 0. The van der Waals surface area contributed by atoms with Gasteiger partial charge in [0.05, 0.1) is 5.92 Å². The Morgan fingerprint density at radius 3 is 2.88 bits per heavy atom. The topological polar surface area (TPSA) is 41.1 Å². The molecule has 1 heterocycles. The first kappa shape index (κ1) is 10.8. The third-order valence-electron chi connectivity index (χ3n) is 3.86. The molecule has 0 spiro atoms. The molecule has 0 aromatic heterocycles. The van der Waals surface area contributed by atoms with Crippen LogP contribution >= 0.6 is 0 Å². The van der Waals surface area contributed by atoms with Crippen LogP contribution in [0.3, 0.4) is 0 Å². The van der Waals surface area contributed by atoms with Crippen molar-refractivity contribution in [2.75, 3.05) is 6.54 Å². The first-order chi connectivity index (χ1) is 8.34. The van der Waals surface area contributed by atoms with Gasteiger partial charge in [0.25, 0.3) is 0 Å². The van der Waals surface area contributed by atoms with Gasteiger partial charge in [-0.2, -0.15) is 0 Å². The molecular formula is C14H18N2O. The normalized spacial score (nSPS) is 23.6. The van der Waals surface area contributed by atoms with Gasteiger partial charge in [-0.05, 0) is 30.4 Å². The molecule has 1 saturated carbocycles. The van der Waals surface area contributed by atoms with Gasteiger partial charge in [-0.25, -0.2) is 0 Å². The van der Waals surface area contributed by atoms with Crippen molar-refractivity contribution in [2.45, 2.75) is 37.8 Å². The minimum Gasteiger partial charge on any atom is -0.353 e. The lowest BCUT2D eigenvalue weighted by molar-refractivity contribution is -0.123. The highest BCUT2D eigenvalue weighted by molar-refractivity contribution is 5.85. The van der Waals surface area contributed by atoms with Crippen LogP contribution in [0.4, 0.5) is 0 Å². The van der Waals surface area contributed by atoms with Gasteiger partial charge >= 0.3 is 0 Å². The lowest BCUT2D eigenvalue weighted by Gasteiger charge is -2.31. The average molecular weight is 230 g/mol. The highest BCUT2D eigenvalue weighted by Crippen LogP contribution is 2.25. The average Bonchev–Trinajstić information content (AvgIpc) is 2.33. The largest absolute Gasteiger partial charge is 0.353 e. The molecule has 2 aliphatic rings. The molecular weight excluding hydrogens is 212 g/mol. The summed E-state index contributed by atoms with van der Waals surface area (Å²) in [6.45, 7) is 1.64. The number of rotatable bonds is 2. The molecule has 1 aliphatic carbocycles. The Labute approximate surface area is 102 Å². The van der Waals surface area contributed by atoms with E-state index in [1.165, 1.54) is 17.5 Å². The summed E-state index contributed by atoms with van der Waals surface area (Å²) in [5.41, 5.74) is 2.45. The van der Waals surface area contributed by atoms with Gasteiger partial charge in [-0.3, -0.25) is 4.79 Å². The first-order valence-corrected chi connectivity index (χ1v) is 6.43. The van der Waals surface area contributed by atoms with Gasteiger partial charge in [0.2, 0.25) is 5.91 Å². The molecule has 1 unspecified atom stereocenters. The van der Waals surface area contributed by atoms with Gasteiger partial charge in [-0.15, -0.1) is 0 Å². The second kappa shape index (κ2) is 4.49. The summed E-state index contributed by atoms with van der Waals surface area (Å²) in [6.07, 6.45) is 3.55. The van der Waals surface area contributed by atoms with Crippen LogP contribution in [-0.2, 0) is 11.3 Å². The predicted molar refractivity (Wildman–Crippen MR) is 66.7 cm³/mol. The third kappa shape index (κ3) is 2.07. The van der Waals surface area contributed by atoms with Gasteiger partial charge < -0.3 is 10.6 Å². The second-order valence-corrected chi connectivity index (χ2v) is 5.02. The number of benzene rings is 1. The Hall–Kier alpha value is -1.35. The molecule has 1 aliphatic heterocycles. The van der Waals surface area contributed by atoms with Gasteiger partial charge in [0.1, 0.15) is 0 Å². The summed E-state index contributed by atoms with van der Waals surface area (Å²) in [5.74, 6) is 0.176. The molecule has 1 atom stereocenters. The van der Waals surface area contributed by atoms with Gasteiger partial charge in [0, 0.05) is 19.1 Å². The minimum atomic E-state index is -0.0134. The fourth-order valence-corrected chi connectivity index (χ4v) is 2.58. The van der Waals surface area contributed by atoms with E-state index in [2.05, 4.69) is 22.8 Å². The number of hydrogen-bond acceptors (Lipinski definition) is 2. The van der Waals surface area contributed by atoms with E-state index < -0.39 is 0 Å². The van der Waals surface area contributed by atoms with E-state index in [1.807, 2.05) is 12.1 Å². The fourth-order valence-electron chi connectivity index (χ4n) is 2.58. The fraction of sp³-hybridized carbons (Fsp3) is 0.500. The summed E-state index contributed by atoms with van der Waals surface area (Å²) in [7, 11) is 0. The quantitative estimate of drug-likeness (QED) is 0.809. The highest BCUT2D eigenvalue weighted by atomic mass is 16.2. The standard InChI is InChI=1S/C14H18N2O/c17-14(16-11-5-3-6-11)13-9-15-8-10-4-1-2-7-12(10)13/h1-2,4,7,11,13,15H,3,5-6,8-9H2,(H,16,17). The van der Waals surface area contributed by atoms with Gasteiger partial charge in [0.15, 0.2) is 0 Å². The number of amides is 1. The first-order valence-electron chi connectivity index (χ1n) is 6.43. The van der Waals surface area contributed by atoms with Crippen LogP contribution in [0.5, 0.6) is 0 Å². The van der Waals surface area contributed by atoms with Crippen LogP contribution in [0.2, 0.25) is 0 Å². The molecule has 17 heavy (non-hydrogen) atoms. The lowest BCUT2D eigenvalue weighted by atomic mass is 9.88. The maximum atomic E-state index is 12.2.